The maximum absolute atomic E-state index is 13.6. The predicted octanol–water partition coefficient (Wildman–Crippen LogP) is 5.97. The van der Waals surface area contributed by atoms with E-state index in [1.165, 1.54) is 0 Å². The Morgan fingerprint density at radius 1 is 0.931 bits per heavy atom. The van der Waals surface area contributed by atoms with Crippen LogP contribution < -0.4 is 10.2 Å². The van der Waals surface area contributed by atoms with Gasteiger partial charge in [0.25, 0.3) is 5.91 Å². The topological polar surface area (TPSA) is 45.2 Å². The molecule has 1 aliphatic heterocycles. The van der Waals surface area contributed by atoms with E-state index in [9.17, 15) is 4.79 Å². The van der Waals surface area contributed by atoms with Crippen LogP contribution in [-0.2, 0) is 0 Å². The van der Waals surface area contributed by atoms with Crippen molar-refractivity contribution in [3.8, 4) is 0 Å². The number of benzene rings is 3. The highest BCUT2D eigenvalue weighted by Crippen LogP contribution is 2.39. The molecule has 1 unspecified atom stereocenters. The summed E-state index contributed by atoms with van der Waals surface area (Å²) in [6.45, 7) is 1.96. The van der Waals surface area contributed by atoms with Crippen LogP contribution in [0.3, 0.4) is 0 Å². The molecule has 4 nitrogen and oxygen atoms in total. The molecule has 0 saturated carbocycles. The van der Waals surface area contributed by atoms with Gasteiger partial charge in [0.15, 0.2) is 0 Å². The number of aromatic nitrogens is 1. The van der Waals surface area contributed by atoms with E-state index in [2.05, 4.69) is 5.32 Å². The monoisotopic (exact) mass is 399 g/mol. The summed E-state index contributed by atoms with van der Waals surface area (Å²) < 4.78 is 0. The van der Waals surface area contributed by atoms with E-state index < -0.39 is 0 Å². The summed E-state index contributed by atoms with van der Waals surface area (Å²) in [6, 6.07) is 25.1. The Balaban J connectivity index is 1.75. The van der Waals surface area contributed by atoms with Crippen molar-refractivity contribution in [1.82, 2.24) is 4.98 Å². The second-order valence-electron chi connectivity index (χ2n) is 7.12. The number of fused-ring (bicyclic) bond motifs is 2. The first-order valence-corrected chi connectivity index (χ1v) is 9.80. The van der Waals surface area contributed by atoms with Crippen LogP contribution in [0.4, 0.5) is 11.4 Å². The average molecular weight is 400 g/mol. The summed E-state index contributed by atoms with van der Waals surface area (Å²) in [5.74, 6) is -0.0601. The molecule has 1 atom stereocenters. The number of hydrogen-bond acceptors (Lipinski definition) is 3. The van der Waals surface area contributed by atoms with Gasteiger partial charge >= 0.3 is 0 Å². The highest BCUT2D eigenvalue weighted by Gasteiger charge is 2.35. The lowest BCUT2D eigenvalue weighted by atomic mass is 10.0. The van der Waals surface area contributed by atoms with Gasteiger partial charge in [-0.05, 0) is 48.9 Å². The van der Waals surface area contributed by atoms with Gasteiger partial charge in [-0.15, -0.1) is 0 Å². The second-order valence-corrected chi connectivity index (χ2v) is 7.56. The molecule has 5 rings (SSSR count). The highest BCUT2D eigenvalue weighted by atomic mass is 35.5. The maximum Gasteiger partial charge on any atom is 0.262 e. The molecule has 0 saturated heterocycles. The Labute approximate surface area is 173 Å². The zero-order valence-electron chi connectivity index (χ0n) is 15.8. The van der Waals surface area contributed by atoms with Gasteiger partial charge in [0, 0.05) is 21.8 Å². The highest BCUT2D eigenvalue weighted by molar-refractivity contribution is 6.30. The molecular formula is C24H18ClN3O. The van der Waals surface area contributed by atoms with Gasteiger partial charge in [-0.3, -0.25) is 14.7 Å². The number of hydrogen-bond donors (Lipinski definition) is 1. The van der Waals surface area contributed by atoms with Crippen LogP contribution in [0.15, 0.2) is 78.9 Å². The van der Waals surface area contributed by atoms with Crippen LogP contribution in [0.25, 0.3) is 10.9 Å². The first kappa shape index (κ1) is 17.7. The van der Waals surface area contributed by atoms with Gasteiger partial charge in [0.2, 0.25) is 0 Å². The van der Waals surface area contributed by atoms with Crippen molar-refractivity contribution >= 4 is 39.8 Å². The van der Waals surface area contributed by atoms with Crippen LogP contribution in [0, 0.1) is 6.92 Å². The standard InChI is InChI=1S/C24H18ClN3O/c1-15-9-10-16-5-4-8-21(22(16)26-15)28-23(17-11-13-18(25)14-12-17)27-20-7-3-2-6-19(20)24(28)29/h2-14,23,27H,1H3. The minimum absolute atomic E-state index is 0.0601. The molecule has 0 bridgehead atoms. The minimum Gasteiger partial charge on any atom is -0.360 e. The third kappa shape index (κ3) is 3.02. The van der Waals surface area contributed by atoms with Crippen LogP contribution in [0.5, 0.6) is 0 Å². The first-order valence-electron chi connectivity index (χ1n) is 9.43. The number of para-hydroxylation sites is 2. The molecular weight excluding hydrogens is 382 g/mol. The lowest BCUT2D eigenvalue weighted by molar-refractivity contribution is 0.0975. The molecule has 4 aromatic rings. The van der Waals surface area contributed by atoms with Crippen molar-refractivity contribution in [3.05, 3.63) is 101 Å². The fraction of sp³-hybridized carbons (Fsp3) is 0.0833. The Kier molecular flexibility index (Phi) is 4.22. The number of aryl methyl sites for hydroxylation is 1. The van der Waals surface area contributed by atoms with Crippen molar-refractivity contribution in [3.63, 3.8) is 0 Å². The van der Waals surface area contributed by atoms with E-state index >= 15 is 0 Å². The largest absolute Gasteiger partial charge is 0.360 e. The Bertz CT molecular complexity index is 1240. The molecule has 29 heavy (non-hydrogen) atoms. The molecule has 0 fully saturated rings. The average Bonchev–Trinajstić information content (AvgIpc) is 2.74. The summed E-state index contributed by atoms with van der Waals surface area (Å²) in [5.41, 5.74) is 4.90. The van der Waals surface area contributed by atoms with Gasteiger partial charge < -0.3 is 5.32 Å². The Hall–Kier alpha value is -3.37. The molecule has 0 aliphatic carbocycles. The SMILES string of the molecule is Cc1ccc2cccc(N3C(=O)c4ccccc4NC3c3ccc(Cl)cc3)c2n1. The van der Waals surface area contributed by atoms with Gasteiger partial charge in [0.1, 0.15) is 6.17 Å². The number of rotatable bonds is 2. The molecule has 1 amide bonds. The number of pyridine rings is 1. The normalized spacial score (nSPS) is 15.9. The number of nitrogens with zero attached hydrogens (tertiary/aromatic N) is 2. The molecule has 0 spiro atoms. The summed E-state index contributed by atoms with van der Waals surface area (Å²) >= 11 is 6.10. The molecule has 1 N–H and O–H groups in total. The van der Waals surface area contributed by atoms with E-state index in [4.69, 9.17) is 16.6 Å². The molecule has 0 radical (unpaired) electrons. The van der Waals surface area contributed by atoms with Crippen molar-refractivity contribution < 1.29 is 4.79 Å². The van der Waals surface area contributed by atoms with Crippen LogP contribution in [-0.4, -0.2) is 10.9 Å². The smallest absolute Gasteiger partial charge is 0.262 e. The van der Waals surface area contributed by atoms with E-state index in [0.717, 1.165) is 33.5 Å². The van der Waals surface area contributed by atoms with Gasteiger partial charge in [-0.2, -0.15) is 0 Å². The predicted molar refractivity (Wildman–Crippen MR) is 118 cm³/mol. The van der Waals surface area contributed by atoms with Gasteiger partial charge in [-0.1, -0.05) is 54.1 Å². The lowest BCUT2D eigenvalue weighted by Gasteiger charge is -2.38. The summed E-state index contributed by atoms with van der Waals surface area (Å²) in [4.78, 5) is 20.2. The van der Waals surface area contributed by atoms with Crippen LogP contribution >= 0.6 is 11.6 Å². The van der Waals surface area contributed by atoms with E-state index in [1.54, 1.807) is 4.90 Å². The summed E-state index contributed by atoms with van der Waals surface area (Å²) in [7, 11) is 0. The molecule has 5 heteroatoms. The zero-order chi connectivity index (χ0) is 20.0. The summed E-state index contributed by atoms with van der Waals surface area (Å²) in [6.07, 6.45) is -0.373. The van der Waals surface area contributed by atoms with E-state index in [-0.39, 0.29) is 12.1 Å². The van der Waals surface area contributed by atoms with E-state index in [0.29, 0.717) is 10.6 Å². The third-order valence-corrected chi connectivity index (χ3v) is 5.46. The lowest BCUT2D eigenvalue weighted by Crippen LogP contribution is -2.43. The molecule has 1 aromatic heterocycles. The number of halogens is 1. The molecule has 1 aliphatic rings. The van der Waals surface area contributed by atoms with E-state index in [1.807, 2.05) is 85.8 Å². The maximum atomic E-state index is 13.6. The van der Waals surface area contributed by atoms with Crippen LogP contribution in [0.2, 0.25) is 5.02 Å². The van der Waals surface area contributed by atoms with Gasteiger partial charge in [-0.25, -0.2) is 0 Å². The Morgan fingerprint density at radius 2 is 1.72 bits per heavy atom. The molecule has 3 aromatic carbocycles. The molecule has 2 heterocycles. The first-order chi connectivity index (χ1) is 14.1. The zero-order valence-corrected chi connectivity index (χ0v) is 16.5. The molecule has 142 valence electrons. The number of carbonyl (C=O) groups is 1. The fourth-order valence-electron chi connectivity index (χ4n) is 3.80. The van der Waals surface area contributed by atoms with Crippen molar-refractivity contribution in [2.45, 2.75) is 13.1 Å². The number of amides is 1. The van der Waals surface area contributed by atoms with Gasteiger partial charge in [0.05, 0.1) is 16.8 Å². The quantitative estimate of drug-likeness (QED) is 0.451. The third-order valence-electron chi connectivity index (χ3n) is 5.21. The summed E-state index contributed by atoms with van der Waals surface area (Å²) in [5, 5.41) is 5.18. The Morgan fingerprint density at radius 3 is 2.55 bits per heavy atom. The second kappa shape index (κ2) is 6.90. The fourth-order valence-corrected chi connectivity index (χ4v) is 3.93. The number of nitrogens with one attached hydrogen (secondary N) is 1. The van der Waals surface area contributed by atoms with Crippen molar-refractivity contribution in [2.24, 2.45) is 0 Å². The van der Waals surface area contributed by atoms with Crippen molar-refractivity contribution in [1.29, 1.82) is 0 Å². The number of carbonyl (C=O) groups excluding carboxylic acids is 1. The number of anilines is 2. The minimum atomic E-state index is -0.373. The van der Waals surface area contributed by atoms with Crippen LogP contribution in [0.1, 0.15) is 27.8 Å². The van der Waals surface area contributed by atoms with Crippen molar-refractivity contribution in [2.75, 3.05) is 10.2 Å².